The molecule has 0 fully saturated rings. The van der Waals surface area contributed by atoms with Crippen LogP contribution in [-0.2, 0) is 11.2 Å². The minimum absolute atomic E-state index is 0.169. The molecule has 1 aliphatic heterocycles. The van der Waals surface area contributed by atoms with E-state index in [-0.39, 0.29) is 18.7 Å². The average Bonchev–Trinajstić information content (AvgIpc) is 3.00. The summed E-state index contributed by atoms with van der Waals surface area (Å²) in [4.78, 5) is 14.4. The normalized spacial score (nSPS) is 13.9. The number of hydrogen-bond donors (Lipinski definition) is 1. The van der Waals surface area contributed by atoms with Crippen molar-refractivity contribution in [2.45, 2.75) is 52.0 Å². The standard InChI is InChI=1S/C18H28N2O3/c1-3-20(18(21)7-5-4-6-10-19)14(2)11-15-8-9-16-17(12-15)23-13-22-16/h8-9,12,14H,3-7,10-11,13,19H2,1-2H3. The molecule has 0 spiro atoms. The van der Waals surface area contributed by atoms with Gasteiger partial charge in [0.15, 0.2) is 11.5 Å². The second kappa shape index (κ2) is 8.77. The van der Waals surface area contributed by atoms with Crippen LogP contribution in [0.2, 0.25) is 0 Å². The van der Waals surface area contributed by atoms with Crippen LogP contribution < -0.4 is 15.2 Å². The lowest BCUT2D eigenvalue weighted by molar-refractivity contribution is -0.133. The van der Waals surface area contributed by atoms with Gasteiger partial charge < -0.3 is 20.1 Å². The van der Waals surface area contributed by atoms with Gasteiger partial charge in [-0.25, -0.2) is 0 Å². The lowest BCUT2D eigenvalue weighted by Crippen LogP contribution is -2.39. The molecule has 5 nitrogen and oxygen atoms in total. The molecule has 0 saturated heterocycles. The number of hydrogen-bond acceptors (Lipinski definition) is 4. The van der Waals surface area contributed by atoms with Crippen LogP contribution >= 0.6 is 0 Å². The molecule has 0 aliphatic carbocycles. The van der Waals surface area contributed by atoms with Gasteiger partial charge in [0.2, 0.25) is 12.7 Å². The van der Waals surface area contributed by atoms with Gasteiger partial charge in [-0.05, 0) is 57.4 Å². The van der Waals surface area contributed by atoms with E-state index in [4.69, 9.17) is 15.2 Å². The van der Waals surface area contributed by atoms with Crippen LogP contribution in [0.4, 0.5) is 0 Å². The average molecular weight is 320 g/mol. The van der Waals surface area contributed by atoms with Crippen molar-refractivity contribution >= 4 is 5.91 Å². The van der Waals surface area contributed by atoms with E-state index in [1.54, 1.807) is 0 Å². The van der Waals surface area contributed by atoms with Crippen LogP contribution in [0.1, 0.15) is 45.1 Å². The third kappa shape index (κ3) is 4.86. The summed E-state index contributed by atoms with van der Waals surface area (Å²) in [5.41, 5.74) is 6.65. The van der Waals surface area contributed by atoms with E-state index in [0.717, 1.165) is 49.3 Å². The highest BCUT2D eigenvalue weighted by molar-refractivity contribution is 5.76. The summed E-state index contributed by atoms with van der Waals surface area (Å²) < 4.78 is 10.8. The first kappa shape index (κ1) is 17.6. The fourth-order valence-corrected chi connectivity index (χ4v) is 2.99. The van der Waals surface area contributed by atoms with Gasteiger partial charge in [0.1, 0.15) is 0 Å². The van der Waals surface area contributed by atoms with Crippen LogP contribution in [0, 0.1) is 0 Å². The van der Waals surface area contributed by atoms with Gasteiger partial charge in [0, 0.05) is 19.0 Å². The number of likely N-dealkylation sites (N-methyl/N-ethyl adjacent to an activating group) is 1. The summed E-state index contributed by atoms with van der Waals surface area (Å²) in [6, 6.07) is 6.17. The molecule has 23 heavy (non-hydrogen) atoms. The first-order chi connectivity index (χ1) is 11.2. The quantitative estimate of drug-likeness (QED) is 0.711. The van der Waals surface area contributed by atoms with Crippen LogP contribution in [0.25, 0.3) is 0 Å². The zero-order valence-corrected chi connectivity index (χ0v) is 14.2. The number of unbranched alkanes of at least 4 members (excludes halogenated alkanes) is 2. The number of rotatable bonds is 9. The number of amides is 1. The maximum absolute atomic E-state index is 12.4. The van der Waals surface area contributed by atoms with Gasteiger partial charge in [0.25, 0.3) is 0 Å². The number of nitrogens with two attached hydrogens (primary N) is 1. The SMILES string of the molecule is CCN(C(=O)CCCCCN)C(C)Cc1ccc2c(c1)OCO2. The Morgan fingerprint density at radius 2 is 2.04 bits per heavy atom. The molecule has 1 aromatic carbocycles. The van der Waals surface area contributed by atoms with Crippen molar-refractivity contribution in [3.05, 3.63) is 23.8 Å². The molecule has 0 aromatic heterocycles. The fraction of sp³-hybridized carbons (Fsp3) is 0.611. The Morgan fingerprint density at radius 3 is 2.78 bits per heavy atom. The lowest BCUT2D eigenvalue weighted by atomic mass is 10.0. The summed E-state index contributed by atoms with van der Waals surface area (Å²) in [6.07, 6.45) is 4.37. The molecule has 1 amide bonds. The molecule has 1 heterocycles. The topological polar surface area (TPSA) is 64.8 Å². The molecule has 0 saturated carbocycles. The number of ether oxygens (including phenoxy) is 2. The van der Waals surface area contributed by atoms with Gasteiger partial charge in [-0.1, -0.05) is 12.5 Å². The van der Waals surface area contributed by atoms with Crippen LogP contribution in [-0.4, -0.2) is 36.7 Å². The Balaban J connectivity index is 1.89. The Hall–Kier alpha value is -1.75. The molecule has 1 unspecified atom stereocenters. The smallest absolute Gasteiger partial charge is 0.231 e. The van der Waals surface area contributed by atoms with Crippen molar-refractivity contribution in [1.82, 2.24) is 4.90 Å². The Bertz CT molecular complexity index is 519. The molecule has 128 valence electrons. The molecule has 2 N–H and O–H groups in total. The van der Waals surface area contributed by atoms with Gasteiger partial charge in [-0.3, -0.25) is 4.79 Å². The molecule has 0 bridgehead atoms. The monoisotopic (exact) mass is 320 g/mol. The van der Waals surface area contributed by atoms with Crippen LogP contribution in [0.15, 0.2) is 18.2 Å². The molecule has 1 aliphatic rings. The molecule has 0 radical (unpaired) electrons. The van der Waals surface area contributed by atoms with E-state index in [2.05, 4.69) is 6.92 Å². The van der Waals surface area contributed by atoms with Gasteiger partial charge in [0.05, 0.1) is 0 Å². The molecule has 1 aromatic rings. The van der Waals surface area contributed by atoms with E-state index < -0.39 is 0 Å². The molecule has 1 atom stereocenters. The minimum Gasteiger partial charge on any atom is -0.454 e. The Labute approximate surface area is 138 Å². The summed E-state index contributed by atoms with van der Waals surface area (Å²) in [6.45, 7) is 5.87. The Kier molecular flexibility index (Phi) is 6.71. The maximum Gasteiger partial charge on any atom is 0.231 e. The second-order valence-corrected chi connectivity index (χ2v) is 6.02. The third-order valence-corrected chi connectivity index (χ3v) is 4.26. The molecule has 5 heteroatoms. The predicted octanol–water partition coefficient (Wildman–Crippen LogP) is 2.71. The molecule has 2 rings (SSSR count). The van der Waals surface area contributed by atoms with Crippen molar-refractivity contribution in [1.29, 1.82) is 0 Å². The van der Waals surface area contributed by atoms with Crippen LogP contribution in [0.3, 0.4) is 0 Å². The van der Waals surface area contributed by atoms with Gasteiger partial charge in [-0.15, -0.1) is 0 Å². The largest absolute Gasteiger partial charge is 0.454 e. The number of benzene rings is 1. The Morgan fingerprint density at radius 1 is 1.26 bits per heavy atom. The van der Waals surface area contributed by atoms with Crippen molar-refractivity contribution < 1.29 is 14.3 Å². The molecular formula is C18H28N2O3. The zero-order chi connectivity index (χ0) is 16.7. The van der Waals surface area contributed by atoms with Crippen molar-refractivity contribution in [2.75, 3.05) is 19.9 Å². The van der Waals surface area contributed by atoms with Crippen molar-refractivity contribution in [3.8, 4) is 11.5 Å². The number of nitrogens with zero attached hydrogens (tertiary/aromatic N) is 1. The van der Waals surface area contributed by atoms with E-state index in [1.165, 1.54) is 0 Å². The van der Waals surface area contributed by atoms with Gasteiger partial charge in [-0.2, -0.15) is 0 Å². The highest BCUT2D eigenvalue weighted by atomic mass is 16.7. The maximum atomic E-state index is 12.4. The minimum atomic E-state index is 0.169. The zero-order valence-electron chi connectivity index (χ0n) is 14.2. The fourth-order valence-electron chi connectivity index (χ4n) is 2.99. The molecular weight excluding hydrogens is 292 g/mol. The van der Waals surface area contributed by atoms with Crippen molar-refractivity contribution in [3.63, 3.8) is 0 Å². The highest BCUT2D eigenvalue weighted by Crippen LogP contribution is 2.33. The van der Waals surface area contributed by atoms with E-state index in [1.807, 2.05) is 30.0 Å². The second-order valence-electron chi connectivity index (χ2n) is 6.02. The predicted molar refractivity (Wildman–Crippen MR) is 90.6 cm³/mol. The first-order valence-electron chi connectivity index (χ1n) is 8.53. The van der Waals surface area contributed by atoms with E-state index in [9.17, 15) is 4.79 Å². The number of fused-ring (bicyclic) bond motifs is 1. The van der Waals surface area contributed by atoms with E-state index >= 15 is 0 Å². The summed E-state index contributed by atoms with van der Waals surface area (Å²) in [5, 5.41) is 0. The lowest BCUT2D eigenvalue weighted by Gasteiger charge is -2.28. The van der Waals surface area contributed by atoms with E-state index in [0.29, 0.717) is 13.0 Å². The summed E-state index contributed by atoms with van der Waals surface area (Å²) in [5.74, 6) is 1.83. The van der Waals surface area contributed by atoms with Gasteiger partial charge >= 0.3 is 0 Å². The number of carbonyl (C=O) groups is 1. The third-order valence-electron chi connectivity index (χ3n) is 4.26. The number of carbonyl (C=O) groups excluding carboxylic acids is 1. The highest BCUT2D eigenvalue weighted by Gasteiger charge is 2.20. The summed E-state index contributed by atoms with van der Waals surface area (Å²) >= 11 is 0. The first-order valence-corrected chi connectivity index (χ1v) is 8.53. The summed E-state index contributed by atoms with van der Waals surface area (Å²) in [7, 11) is 0. The van der Waals surface area contributed by atoms with Crippen LogP contribution in [0.5, 0.6) is 11.5 Å². The van der Waals surface area contributed by atoms with Crippen molar-refractivity contribution in [2.24, 2.45) is 5.73 Å².